The number of aliphatic carboxylic acids is 1. The molecule has 1 aromatic carbocycles. The SMILES string of the molecule is Cc1cc2nc(Cl)c(CC(=O)O)nc2cc1C. The number of nitrogens with zero attached hydrogens (tertiary/aromatic N) is 2. The van der Waals surface area contributed by atoms with E-state index in [1.54, 1.807) is 0 Å². The van der Waals surface area contributed by atoms with E-state index in [9.17, 15) is 4.79 Å². The monoisotopic (exact) mass is 250 g/mol. The fourth-order valence-corrected chi connectivity index (χ4v) is 1.78. The van der Waals surface area contributed by atoms with E-state index in [2.05, 4.69) is 9.97 Å². The Morgan fingerprint density at radius 3 is 2.29 bits per heavy atom. The van der Waals surface area contributed by atoms with E-state index >= 15 is 0 Å². The third-order valence-electron chi connectivity index (χ3n) is 2.62. The summed E-state index contributed by atoms with van der Waals surface area (Å²) in [5.74, 6) is -0.968. The van der Waals surface area contributed by atoms with Gasteiger partial charge in [-0.05, 0) is 37.1 Å². The van der Waals surface area contributed by atoms with Crippen molar-refractivity contribution in [3.63, 3.8) is 0 Å². The first kappa shape index (κ1) is 11.8. The van der Waals surface area contributed by atoms with Crippen LogP contribution in [0, 0.1) is 13.8 Å². The molecular weight excluding hydrogens is 240 g/mol. The molecule has 2 aromatic rings. The van der Waals surface area contributed by atoms with Crippen LogP contribution in [-0.2, 0) is 11.2 Å². The van der Waals surface area contributed by atoms with E-state index in [0.29, 0.717) is 16.7 Å². The lowest BCUT2D eigenvalue weighted by atomic mass is 10.1. The molecule has 0 saturated heterocycles. The van der Waals surface area contributed by atoms with E-state index < -0.39 is 5.97 Å². The van der Waals surface area contributed by atoms with Gasteiger partial charge in [0.15, 0.2) is 5.15 Å². The van der Waals surface area contributed by atoms with Gasteiger partial charge < -0.3 is 5.11 Å². The number of carboxylic acid groups (broad SMARTS) is 1. The van der Waals surface area contributed by atoms with Crippen LogP contribution in [0.2, 0.25) is 5.15 Å². The minimum Gasteiger partial charge on any atom is -0.481 e. The second-order valence-electron chi connectivity index (χ2n) is 3.96. The predicted octanol–water partition coefficient (Wildman–Crippen LogP) is 2.53. The number of hydrogen-bond donors (Lipinski definition) is 1. The highest BCUT2D eigenvalue weighted by molar-refractivity contribution is 6.30. The second kappa shape index (κ2) is 4.30. The summed E-state index contributed by atoms with van der Waals surface area (Å²) in [7, 11) is 0. The molecule has 1 heterocycles. The average Bonchev–Trinajstić information content (AvgIpc) is 2.22. The molecular formula is C12H11ClN2O2. The summed E-state index contributed by atoms with van der Waals surface area (Å²) in [6.07, 6.45) is -0.214. The molecule has 0 unspecified atom stereocenters. The first-order valence-electron chi connectivity index (χ1n) is 5.12. The van der Waals surface area contributed by atoms with Crippen LogP contribution in [0.5, 0.6) is 0 Å². The van der Waals surface area contributed by atoms with Gasteiger partial charge >= 0.3 is 5.97 Å². The zero-order valence-electron chi connectivity index (χ0n) is 9.49. The number of fused-ring (bicyclic) bond motifs is 1. The summed E-state index contributed by atoms with van der Waals surface area (Å²) in [6, 6.07) is 3.79. The van der Waals surface area contributed by atoms with Gasteiger partial charge in [0, 0.05) is 0 Å². The maximum atomic E-state index is 10.7. The quantitative estimate of drug-likeness (QED) is 0.890. The Morgan fingerprint density at radius 1 is 1.24 bits per heavy atom. The van der Waals surface area contributed by atoms with Crippen LogP contribution in [0.4, 0.5) is 0 Å². The van der Waals surface area contributed by atoms with E-state index in [1.165, 1.54) is 0 Å². The van der Waals surface area contributed by atoms with Gasteiger partial charge in [-0.2, -0.15) is 0 Å². The molecule has 0 fully saturated rings. The van der Waals surface area contributed by atoms with Crippen LogP contribution in [-0.4, -0.2) is 21.0 Å². The van der Waals surface area contributed by atoms with Crippen LogP contribution in [0.3, 0.4) is 0 Å². The highest BCUT2D eigenvalue weighted by Gasteiger charge is 2.11. The fraction of sp³-hybridized carbons (Fsp3) is 0.250. The Morgan fingerprint density at radius 2 is 1.76 bits per heavy atom. The molecule has 17 heavy (non-hydrogen) atoms. The van der Waals surface area contributed by atoms with Gasteiger partial charge in [0.25, 0.3) is 0 Å². The normalized spacial score (nSPS) is 10.8. The summed E-state index contributed by atoms with van der Waals surface area (Å²) >= 11 is 5.90. The number of rotatable bonds is 2. The minimum absolute atomic E-state index is 0.156. The lowest BCUT2D eigenvalue weighted by Gasteiger charge is -2.06. The molecule has 88 valence electrons. The number of aryl methyl sites for hydroxylation is 2. The van der Waals surface area contributed by atoms with E-state index in [1.807, 2.05) is 26.0 Å². The lowest BCUT2D eigenvalue weighted by molar-refractivity contribution is -0.136. The Kier molecular flexibility index (Phi) is 2.98. The number of carboxylic acids is 1. The first-order chi connectivity index (χ1) is 7.97. The third kappa shape index (κ3) is 2.36. The molecule has 1 aromatic heterocycles. The van der Waals surface area contributed by atoms with Gasteiger partial charge in [0.1, 0.15) is 0 Å². The Bertz CT molecular complexity index is 611. The van der Waals surface area contributed by atoms with Crippen LogP contribution >= 0.6 is 11.6 Å². The number of benzene rings is 1. The average molecular weight is 251 g/mol. The summed E-state index contributed by atoms with van der Waals surface area (Å²) in [6.45, 7) is 3.96. The molecule has 0 bridgehead atoms. The van der Waals surface area contributed by atoms with Gasteiger partial charge in [-0.15, -0.1) is 0 Å². The van der Waals surface area contributed by atoms with Crippen molar-refractivity contribution in [2.45, 2.75) is 20.3 Å². The third-order valence-corrected chi connectivity index (χ3v) is 2.92. The molecule has 0 aliphatic heterocycles. The van der Waals surface area contributed by atoms with E-state index in [-0.39, 0.29) is 11.6 Å². The highest BCUT2D eigenvalue weighted by atomic mass is 35.5. The fourth-order valence-electron chi connectivity index (χ4n) is 1.58. The van der Waals surface area contributed by atoms with Gasteiger partial charge in [-0.25, -0.2) is 9.97 Å². The van der Waals surface area contributed by atoms with Crippen molar-refractivity contribution >= 4 is 28.6 Å². The lowest BCUT2D eigenvalue weighted by Crippen LogP contribution is -2.05. The molecule has 2 rings (SSSR count). The van der Waals surface area contributed by atoms with Crippen molar-refractivity contribution in [2.75, 3.05) is 0 Å². The molecule has 0 aliphatic carbocycles. The summed E-state index contributed by atoms with van der Waals surface area (Å²) in [4.78, 5) is 19.1. The van der Waals surface area contributed by atoms with Crippen LogP contribution in [0.15, 0.2) is 12.1 Å². The minimum atomic E-state index is -0.968. The molecule has 0 radical (unpaired) electrons. The second-order valence-corrected chi connectivity index (χ2v) is 4.31. The van der Waals surface area contributed by atoms with Crippen molar-refractivity contribution in [1.82, 2.24) is 9.97 Å². The first-order valence-corrected chi connectivity index (χ1v) is 5.50. The van der Waals surface area contributed by atoms with Gasteiger partial charge in [-0.1, -0.05) is 11.6 Å². The Hall–Kier alpha value is -1.68. The molecule has 0 atom stereocenters. The van der Waals surface area contributed by atoms with Crippen LogP contribution < -0.4 is 0 Å². The van der Waals surface area contributed by atoms with Crippen LogP contribution in [0.1, 0.15) is 16.8 Å². The van der Waals surface area contributed by atoms with Gasteiger partial charge in [0.2, 0.25) is 0 Å². The van der Waals surface area contributed by atoms with E-state index in [0.717, 1.165) is 11.1 Å². The number of halogens is 1. The summed E-state index contributed by atoms with van der Waals surface area (Å²) in [5.41, 5.74) is 3.86. The predicted molar refractivity (Wildman–Crippen MR) is 65.4 cm³/mol. The van der Waals surface area contributed by atoms with Crippen molar-refractivity contribution in [3.8, 4) is 0 Å². The Balaban J connectivity index is 2.63. The Labute approximate surface area is 103 Å². The molecule has 5 heteroatoms. The summed E-state index contributed by atoms with van der Waals surface area (Å²) < 4.78 is 0. The maximum absolute atomic E-state index is 10.7. The standard InChI is InChI=1S/C12H11ClN2O2/c1-6-3-8-9(4-7(6)2)15-12(13)10(14-8)5-11(16)17/h3-4H,5H2,1-2H3,(H,16,17). The highest BCUT2D eigenvalue weighted by Crippen LogP contribution is 2.20. The molecule has 0 saturated carbocycles. The maximum Gasteiger partial charge on any atom is 0.309 e. The van der Waals surface area contributed by atoms with Crippen molar-refractivity contribution in [1.29, 1.82) is 0 Å². The smallest absolute Gasteiger partial charge is 0.309 e. The molecule has 0 spiro atoms. The molecule has 0 amide bonds. The summed E-state index contributed by atoms with van der Waals surface area (Å²) in [5, 5.41) is 8.89. The number of carbonyl (C=O) groups is 1. The zero-order chi connectivity index (χ0) is 12.6. The van der Waals surface area contributed by atoms with Crippen LogP contribution in [0.25, 0.3) is 11.0 Å². The van der Waals surface area contributed by atoms with Gasteiger partial charge in [-0.3, -0.25) is 4.79 Å². The molecule has 1 N–H and O–H groups in total. The van der Waals surface area contributed by atoms with Crippen molar-refractivity contribution in [2.24, 2.45) is 0 Å². The largest absolute Gasteiger partial charge is 0.481 e. The van der Waals surface area contributed by atoms with Gasteiger partial charge in [0.05, 0.1) is 23.1 Å². The molecule has 4 nitrogen and oxygen atoms in total. The molecule has 0 aliphatic rings. The topological polar surface area (TPSA) is 63.1 Å². The van der Waals surface area contributed by atoms with Crippen molar-refractivity contribution in [3.05, 3.63) is 34.1 Å². The van der Waals surface area contributed by atoms with Crippen molar-refractivity contribution < 1.29 is 9.90 Å². The number of hydrogen-bond acceptors (Lipinski definition) is 3. The van der Waals surface area contributed by atoms with E-state index in [4.69, 9.17) is 16.7 Å². The number of aromatic nitrogens is 2. The zero-order valence-corrected chi connectivity index (χ0v) is 10.2.